The number of thiazole rings is 1. The van der Waals surface area contributed by atoms with Crippen molar-refractivity contribution >= 4 is 22.4 Å². The third kappa shape index (κ3) is 3.76. The third-order valence-electron chi connectivity index (χ3n) is 4.24. The summed E-state index contributed by atoms with van der Waals surface area (Å²) >= 11 is 1.37. The number of ether oxygens (including phenoxy) is 1. The van der Waals surface area contributed by atoms with Crippen LogP contribution in [-0.4, -0.2) is 39.1 Å². The molecule has 0 bridgehead atoms. The molecule has 132 valence electrons. The number of carbonyl (C=O) groups excluding carboxylic acids is 1. The average molecular weight is 367 g/mol. The van der Waals surface area contributed by atoms with Gasteiger partial charge in [-0.1, -0.05) is 0 Å². The quantitative estimate of drug-likeness (QED) is 0.762. The zero-order chi connectivity index (χ0) is 17.8. The van der Waals surface area contributed by atoms with Crippen molar-refractivity contribution in [3.8, 4) is 11.3 Å². The number of nitrogens with zero attached hydrogens (tertiary/aromatic N) is 4. The molecule has 1 aliphatic rings. The summed E-state index contributed by atoms with van der Waals surface area (Å²) in [6.07, 6.45) is 6.73. The summed E-state index contributed by atoms with van der Waals surface area (Å²) in [6.45, 7) is 1.46. The van der Waals surface area contributed by atoms with Crippen LogP contribution in [0.4, 0.5) is 5.13 Å². The Labute approximate surface area is 154 Å². The van der Waals surface area contributed by atoms with Gasteiger partial charge in [-0.25, -0.2) is 15.0 Å². The molecule has 1 amide bonds. The number of rotatable bonds is 4. The van der Waals surface area contributed by atoms with Gasteiger partial charge in [0.1, 0.15) is 12.0 Å². The Hall–Kier alpha value is -2.71. The standard InChI is InChI=1S/C18H17N5O2S/c24-17(15-8-14(20-11-21-15)12-3-6-25-7-4-12)23-18-22-16(10-26-18)13-2-1-5-19-9-13/h1-2,5,8-12H,3-4,6-7H2,(H,22,23,24). The Morgan fingerprint density at radius 2 is 2.15 bits per heavy atom. The van der Waals surface area contributed by atoms with Crippen LogP contribution in [0.2, 0.25) is 0 Å². The Kier molecular flexibility index (Phi) is 4.94. The molecule has 4 rings (SSSR count). The molecule has 0 saturated carbocycles. The molecule has 8 heteroatoms. The van der Waals surface area contributed by atoms with Gasteiger partial charge in [0, 0.05) is 48.2 Å². The summed E-state index contributed by atoms with van der Waals surface area (Å²) in [5.74, 6) is 0.0307. The van der Waals surface area contributed by atoms with Gasteiger partial charge >= 0.3 is 0 Å². The van der Waals surface area contributed by atoms with Gasteiger partial charge in [0.15, 0.2) is 5.13 Å². The number of amides is 1. The number of nitrogens with one attached hydrogen (secondary N) is 1. The zero-order valence-corrected chi connectivity index (χ0v) is 14.8. The van der Waals surface area contributed by atoms with Crippen LogP contribution in [0.5, 0.6) is 0 Å². The smallest absolute Gasteiger partial charge is 0.276 e. The second kappa shape index (κ2) is 7.67. The predicted octanol–water partition coefficient (Wildman–Crippen LogP) is 3.14. The molecule has 1 N–H and O–H groups in total. The van der Waals surface area contributed by atoms with Crippen molar-refractivity contribution in [1.29, 1.82) is 0 Å². The van der Waals surface area contributed by atoms with Crippen molar-refractivity contribution in [1.82, 2.24) is 19.9 Å². The number of aromatic nitrogens is 4. The number of hydrogen-bond donors (Lipinski definition) is 1. The SMILES string of the molecule is O=C(Nc1nc(-c2cccnc2)cs1)c1cc(C2CCOCC2)ncn1. The maximum atomic E-state index is 12.5. The molecule has 0 radical (unpaired) electrons. The van der Waals surface area contributed by atoms with Crippen LogP contribution in [0.25, 0.3) is 11.3 Å². The first-order valence-corrected chi connectivity index (χ1v) is 9.24. The van der Waals surface area contributed by atoms with Crippen LogP contribution in [0.3, 0.4) is 0 Å². The van der Waals surface area contributed by atoms with Crippen LogP contribution < -0.4 is 5.32 Å². The molecule has 26 heavy (non-hydrogen) atoms. The summed E-state index contributed by atoms with van der Waals surface area (Å²) in [6, 6.07) is 5.55. The molecular weight excluding hydrogens is 350 g/mol. The monoisotopic (exact) mass is 367 g/mol. The maximum Gasteiger partial charge on any atom is 0.276 e. The molecule has 1 fully saturated rings. The van der Waals surface area contributed by atoms with E-state index in [0.717, 1.165) is 43.0 Å². The fourth-order valence-electron chi connectivity index (χ4n) is 2.85. The van der Waals surface area contributed by atoms with E-state index in [4.69, 9.17) is 4.74 Å². The Bertz CT molecular complexity index is 893. The van der Waals surface area contributed by atoms with Gasteiger partial charge in [0.05, 0.1) is 5.69 Å². The summed E-state index contributed by atoms with van der Waals surface area (Å²) in [4.78, 5) is 29.5. The van der Waals surface area contributed by atoms with Crippen LogP contribution in [0.15, 0.2) is 42.3 Å². The first kappa shape index (κ1) is 16.7. The Balaban J connectivity index is 1.47. The van der Waals surface area contributed by atoms with E-state index in [2.05, 4.69) is 25.3 Å². The number of carbonyl (C=O) groups is 1. The lowest BCUT2D eigenvalue weighted by Crippen LogP contribution is -2.18. The van der Waals surface area contributed by atoms with Gasteiger partial charge < -0.3 is 4.74 Å². The van der Waals surface area contributed by atoms with E-state index >= 15 is 0 Å². The van der Waals surface area contributed by atoms with E-state index < -0.39 is 0 Å². The average Bonchev–Trinajstić information content (AvgIpc) is 3.18. The van der Waals surface area contributed by atoms with Crippen LogP contribution >= 0.6 is 11.3 Å². The highest BCUT2D eigenvalue weighted by Crippen LogP contribution is 2.26. The molecule has 0 atom stereocenters. The second-order valence-electron chi connectivity index (χ2n) is 5.95. The van der Waals surface area contributed by atoms with E-state index in [1.54, 1.807) is 18.5 Å². The fraction of sp³-hybridized carbons (Fsp3) is 0.278. The number of pyridine rings is 1. The van der Waals surface area contributed by atoms with Gasteiger partial charge in [-0.2, -0.15) is 0 Å². The van der Waals surface area contributed by atoms with Crippen molar-refractivity contribution in [2.45, 2.75) is 18.8 Å². The lowest BCUT2D eigenvalue weighted by Gasteiger charge is -2.21. The van der Waals surface area contributed by atoms with E-state index in [1.165, 1.54) is 17.7 Å². The minimum atomic E-state index is -0.284. The normalized spacial score (nSPS) is 14.9. The van der Waals surface area contributed by atoms with Gasteiger partial charge in [-0.15, -0.1) is 11.3 Å². The lowest BCUT2D eigenvalue weighted by atomic mass is 9.96. The first-order valence-electron chi connectivity index (χ1n) is 8.36. The first-order chi connectivity index (χ1) is 12.8. The van der Waals surface area contributed by atoms with Crippen molar-refractivity contribution in [3.05, 3.63) is 53.7 Å². The van der Waals surface area contributed by atoms with Crippen molar-refractivity contribution in [3.63, 3.8) is 0 Å². The molecule has 3 aromatic rings. The second-order valence-corrected chi connectivity index (χ2v) is 6.81. The highest BCUT2D eigenvalue weighted by molar-refractivity contribution is 7.14. The summed E-state index contributed by atoms with van der Waals surface area (Å²) in [7, 11) is 0. The van der Waals surface area contributed by atoms with Crippen LogP contribution in [0, 0.1) is 0 Å². The summed E-state index contributed by atoms with van der Waals surface area (Å²) < 4.78 is 5.38. The third-order valence-corrected chi connectivity index (χ3v) is 5.00. The molecule has 4 heterocycles. The largest absolute Gasteiger partial charge is 0.381 e. The molecule has 1 saturated heterocycles. The fourth-order valence-corrected chi connectivity index (χ4v) is 3.57. The van der Waals surface area contributed by atoms with Crippen molar-refractivity contribution in [2.24, 2.45) is 0 Å². The molecule has 0 aromatic carbocycles. The maximum absolute atomic E-state index is 12.5. The van der Waals surface area contributed by atoms with E-state index in [1.807, 2.05) is 17.5 Å². The topological polar surface area (TPSA) is 89.9 Å². The van der Waals surface area contributed by atoms with Gasteiger partial charge in [-0.3, -0.25) is 15.1 Å². The van der Waals surface area contributed by atoms with Crippen molar-refractivity contribution < 1.29 is 9.53 Å². The molecular formula is C18H17N5O2S. The Morgan fingerprint density at radius 3 is 2.96 bits per heavy atom. The van der Waals surface area contributed by atoms with E-state index in [-0.39, 0.29) is 5.91 Å². The molecule has 3 aromatic heterocycles. The van der Waals surface area contributed by atoms with Gasteiger partial charge in [0.2, 0.25) is 0 Å². The highest BCUT2D eigenvalue weighted by Gasteiger charge is 2.19. The highest BCUT2D eigenvalue weighted by atomic mass is 32.1. The summed E-state index contributed by atoms with van der Waals surface area (Å²) in [5.41, 5.74) is 2.93. The molecule has 0 unspecified atom stereocenters. The molecule has 0 spiro atoms. The minimum Gasteiger partial charge on any atom is -0.381 e. The number of hydrogen-bond acceptors (Lipinski definition) is 7. The molecule has 7 nitrogen and oxygen atoms in total. The number of anilines is 1. The lowest BCUT2D eigenvalue weighted by molar-refractivity contribution is 0.0844. The van der Waals surface area contributed by atoms with E-state index in [0.29, 0.717) is 16.7 Å². The van der Waals surface area contributed by atoms with Gasteiger partial charge in [-0.05, 0) is 31.0 Å². The van der Waals surface area contributed by atoms with Crippen molar-refractivity contribution in [2.75, 3.05) is 18.5 Å². The molecule has 0 aliphatic carbocycles. The predicted molar refractivity (Wildman–Crippen MR) is 98.1 cm³/mol. The van der Waals surface area contributed by atoms with Crippen LogP contribution in [0.1, 0.15) is 34.9 Å². The van der Waals surface area contributed by atoms with Crippen LogP contribution in [-0.2, 0) is 4.74 Å². The van der Waals surface area contributed by atoms with Gasteiger partial charge in [0.25, 0.3) is 5.91 Å². The minimum absolute atomic E-state index is 0.284. The Morgan fingerprint density at radius 1 is 1.27 bits per heavy atom. The molecule has 1 aliphatic heterocycles. The summed E-state index contributed by atoms with van der Waals surface area (Å²) in [5, 5.41) is 5.23. The zero-order valence-electron chi connectivity index (χ0n) is 14.0. The van der Waals surface area contributed by atoms with E-state index in [9.17, 15) is 4.79 Å².